The molecule has 1 aliphatic rings. The van der Waals surface area contributed by atoms with Crippen LogP contribution in [-0.4, -0.2) is 24.6 Å². The maximum atomic E-state index is 12.6. The molecule has 1 aliphatic carbocycles. The number of hydrogen-bond acceptors (Lipinski definition) is 5. The summed E-state index contributed by atoms with van der Waals surface area (Å²) in [5.74, 6) is -0.317. The minimum absolute atomic E-state index is 0.206. The predicted molar refractivity (Wildman–Crippen MR) is 115 cm³/mol. The van der Waals surface area contributed by atoms with Gasteiger partial charge in [0.2, 0.25) is 0 Å². The monoisotopic (exact) mass is 485 g/mol. The van der Waals surface area contributed by atoms with Gasteiger partial charge in [-0.05, 0) is 63.3 Å². The van der Waals surface area contributed by atoms with Crippen molar-refractivity contribution >= 4 is 55.7 Å². The van der Waals surface area contributed by atoms with E-state index in [9.17, 15) is 9.59 Å². The van der Waals surface area contributed by atoms with Crippen molar-refractivity contribution in [2.24, 2.45) is 0 Å². The van der Waals surface area contributed by atoms with Gasteiger partial charge in [-0.1, -0.05) is 27.5 Å². The van der Waals surface area contributed by atoms with Crippen LogP contribution in [0.4, 0.5) is 5.00 Å². The Labute approximate surface area is 181 Å². The van der Waals surface area contributed by atoms with E-state index in [4.69, 9.17) is 21.1 Å². The molecule has 0 aliphatic heterocycles. The van der Waals surface area contributed by atoms with Crippen LogP contribution in [0.5, 0.6) is 5.75 Å². The van der Waals surface area contributed by atoms with Crippen LogP contribution >= 0.6 is 38.9 Å². The highest BCUT2D eigenvalue weighted by molar-refractivity contribution is 9.10. The molecule has 1 amide bonds. The van der Waals surface area contributed by atoms with E-state index in [0.717, 1.165) is 40.6 Å². The molecule has 5 nitrogen and oxygen atoms in total. The Bertz CT molecular complexity index is 897. The zero-order valence-corrected chi connectivity index (χ0v) is 18.8. The van der Waals surface area contributed by atoms with Crippen LogP contribution in [0.2, 0.25) is 5.02 Å². The number of amides is 1. The molecule has 1 aromatic carbocycles. The molecule has 0 spiro atoms. The number of hydrogen-bond donors (Lipinski definition) is 1. The summed E-state index contributed by atoms with van der Waals surface area (Å²) in [6.07, 6.45) is 3.64. The van der Waals surface area contributed by atoms with Crippen LogP contribution in [0.1, 0.15) is 47.5 Å². The van der Waals surface area contributed by atoms with Crippen molar-refractivity contribution in [1.82, 2.24) is 0 Å². The van der Waals surface area contributed by atoms with Crippen molar-refractivity contribution in [3.8, 4) is 5.75 Å². The summed E-state index contributed by atoms with van der Waals surface area (Å²) in [6, 6.07) is 5.17. The number of fused-ring (bicyclic) bond motifs is 1. The number of aryl methyl sites for hydroxylation is 1. The second-order valence-electron chi connectivity index (χ2n) is 6.78. The van der Waals surface area contributed by atoms with Gasteiger partial charge in [-0.25, -0.2) is 4.79 Å². The van der Waals surface area contributed by atoms with E-state index in [1.54, 1.807) is 18.2 Å². The number of halogens is 2. The lowest BCUT2D eigenvalue weighted by Gasteiger charge is -2.14. The first-order valence-electron chi connectivity index (χ1n) is 9.08. The van der Waals surface area contributed by atoms with Crippen LogP contribution in [-0.2, 0) is 22.4 Å². The number of benzene rings is 1. The first-order chi connectivity index (χ1) is 13.3. The number of esters is 1. The van der Waals surface area contributed by atoms with E-state index in [1.165, 1.54) is 11.3 Å². The molecule has 2 aromatic rings. The Kier molecular flexibility index (Phi) is 7.01. The molecule has 0 saturated heterocycles. The van der Waals surface area contributed by atoms with Crippen molar-refractivity contribution in [2.75, 3.05) is 11.9 Å². The Hall–Kier alpha value is -1.57. The number of carbonyl (C=O) groups excluding carboxylic acids is 2. The van der Waals surface area contributed by atoms with Crippen molar-refractivity contribution in [3.63, 3.8) is 0 Å². The molecule has 0 fully saturated rings. The molecular weight excluding hydrogens is 466 g/mol. The summed E-state index contributed by atoms with van der Waals surface area (Å²) in [5.41, 5.74) is 1.50. The summed E-state index contributed by atoms with van der Waals surface area (Å²) in [6.45, 7) is 3.41. The molecule has 8 heteroatoms. The summed E-state index contributed by atoms with van der Waals surface area (Å²) in [4.78, 5) is 26.2. The van der Waals surface area contributed by atoms with Crippen LogP contribution in [0.3, 0.4) is 0 Å². The molecule has 1 heterocycles. The highest BCUT2D eigenvalue weighted by atomic mass is 79.9. The largest absolute Gasteiger partial charge is 0.482 e. The summed E-state index contributed by atoms with van der Waals surface area (Å²) >= 11 is 10.9. The SMILES string of the molecule is CC(C)OC(=O)c1c(NC(=O)COc2ccc(Br)cc2Cl)sc2c1CCCC2. The first-order valence-corrected chi connectivity index (χ1v) is 11.1. The Morgan fingerprint density at radius 1 is 1.29 bits per heavy atom. The molecule has 0 radical (unpaired) electrons. The van der Waals surface area contributed by atoms with Gasteiger partial charge >= 0.3 is 5.97 Å². The van der Waals surface area contributed by atoms with Gasteiger partial charge in [-0.3, -0.25) is 4.79 Å². The zero-order valence-electron chi connectivity index (χ0n) is 15.6. The molecule has 0 unspecified atom stereocenters. The number of carbonyl (C=O) groups is 2. The van der Waals surface area contributed by atoms with Gasteiger partial charge in [0.1, 0.15) is 10.8 Å². The van der Waals surface area contributed by atoms with Gasteiger partial charge in [-0.15, -0.1) is 11.3 Å². The van der Waals surface area contributed by atoms with E-state index in [-0.39, 0.29) is 24.6 Å². The molecule has 28 heavy (non-hydrogen) atoms. The van der Waals surface area contributed by atoms with Crippen molar-refractivity contribution < 1.29 is 19.1 Å². The smallest absolute Gasteiger partial charge is 0.341 e. The van der Waals surface area contributed by atoms with Crippen LogP contribution in [0.15, 0.2) is 22.7 Å². The molecular formula is C20H21BrClNO4S. The molecule has 0 saturated carbocycles. The highest BCUT2D eigenvalue weighted by Gasteiger charge is 2.28. The third-order valence-electron chi connectivity index (χ3n) is 4.22. The molecule has 0 bridgehead atoms. The maximum Gasteiger partial charge on any atom is 0.341 e. The Balaban J connectivity index is 1.74. The lowest BCUT2D eigenvalue weighted by atomic mass is 9.95. The average Bonchev–Trinajstić information content (AvgIpc) is 2.98. The zero-order chi connectivity index (χ0) is 20.3. The summed E-state index contributed by atoms with van der Waals surface area (Å²) in [5, 5.41) is 3.77. The molecule has 3 rings (SSSR count). The van der Waals surface area contributed by atoms with Gasteiger partial charge in [0.05, 0.1) is 16.7 Å². The van der Waals surface area contributed by atoms with Crippen LogP contribution in [0.25, 0.3) is 0 Å². The van der Waals surface area contributed by atoms with Gasteiger partial charge in [-0.2, -0.15) is 0 Å². The molecule has 150 valence electrons. The number of ether oxygens (including phenoxy) is 2. The minimum Gasteiger partial charge on any atom is -0.482 e. The normalized spacial score (nSPS) is 13.2. The summed E-state index contributed by atoms with van der Waals surface area (Å²) in [7, 11) is 0. The van der Waals surface area contributed by atoms with E-state index < -0.39 is 0 Å². The van der Waals surface area contributed by atoms with Gasteiger partial charge in [0, 0.05) is 9.35 Å². The first kappa shape index (κ1) is 21.1. The predicted octanol–water partition coefficient (Wildman–Crippen LogP) is 5.63. The highest BCUT2D eigenvalue weighted by Crippen LogP contribution is 2.38. The quantitative estimate of drug-likeness (QED) is 0.538. The number of nitrogens with one attached hydrogen (secondary N) is 1. The molecule has 0 atom stereocenters. The molecule has 1 N–H and O–H groups in total. The molecule has 1 aromatic heterocycles. The Morgan fingerprint density at radius 3 is 2.75 bits per heavy atom. The van der Waals surface area contributed by atoms with Gasteiger partial charge in [0.15, 0.2) is 6.61 Å². The van der Waals surface area contributed by atoms with E-state index in [1.807, 2.05) is 13.8 Å². The standard InChI is InChI=1S/C20H21BrClNO4S/c1-11(2)27-20(25)18-13-5-3-4-6-16(13)28-19(18)23-17(24)10-26-15-8-7-12(21)9-14(15)22/h7-9,11H,3-6,10H2,1-2H3,(H,23,24). The van der Waals surface area contributed by atoms with Crippen LogP contribution in [0, 0.1) is 0 Å². The number of anilines is 1. The van der Waals surface area contributed by atoms with Crippen molar-refractivity contribution in [1.29, 1.82) is 0 Å². The second-order valence-corrected chi connectivity index (χ2v) is 9.21. The fourth-order valence-corrected chi connectivity index (χ4v) is 5.06. The summed E-state index contributed by atoms with van der Waals surface area (Å²) < 4.78 is 11.7. The third kappa shape index (κ3) is 5.07. The van der Waals surface area contributed by atoms with Crippen LogP contribution < -0.4 is 10.1 Å². The average molecular weight is 487 g/mol. The Morgan fingerprint density at radius 2 is 2.04 bits per heavy atom. The fraction of sp³-hybridized carbons (Fsp3) is 0.400. The minimum atomic E-state index is -0.387. The lowest BCUT2D eigenvalue weighted by Crippen LogP contribution is -2.22. The maximum absolute atomic E-state index is 12.6. The van der Waals surface area contributed by atoms with Gasteiger partial charge < -0.3 is 14.8 Å². The lowest BCUT2D eigenvalue weighted by molar-refractivity contribution is -0.118. The van der Waals surface area contributed by atoms with E-state index in [2.05, 4.69) is 21.2 Å². The number of thiophene rings is 1. The topological polar surface area (TPSA) is 64.6 Å². The number of rotatable bonds is 6. The van der Waals surface area contributed by atoms with Crippen molar-refractivity contribution in [3.05, 3.63) is 43.7 Å². The van der Waals surface area contributed by atoms with Crippen molar-refractivity contribution in [2.45, 2.75) is 45.6 Å². The van der Waals surface area contributed by atoms with E-state index in [0.29, 0.717) is 21.3 Å². The fourth-order valence-electron chi connectivity index (χ4n) is 3.04. The van der Waals surface area contributed by atoms with E-state index >= 15 is 0 Å². The second kappa shape index (κ2) is 9.29. The third-order valence-corrected chi connectivity index (χ3v) is 6.22. The van der Waals surface area contributed by atoms with Gasteiger partial charge in [0.25, 0.3) is 5.91 Å².